The van der Waals surface area contributed by atoms with Crippen molar-refractivity contribution in [1.29, 1.82) is 0 Å². The number of aryl methyl sites for hydroxylation is 1. The van der Waals surface area contributed by atoms with Crippen LogP contribution in [0.5, 0.6) is 0 Å². The van der Waals surface area contributed by atoms with Gasteiger partial charge in [0.1, 0.15) is 6.04 Å². The molecule has 1 aromatic rings. The molecule has 98 valence electrons. The third-order valence-corrected chi connectivity index (χ3v) is 4.62. The lowest BCUT2D eigenvalue weighted by Gasteiger charge is -2.24. The Morgan fingerprint density at radius 1 is 1.67 bits per heavy atom. The maximum Gasteiger partial charge on any atom is 0.240 e. The third-order valence-electron chi connectivity index (χ3n) is 3.40. The van der Waals surface area contributed by atoms with E-state index in [-0.39, 0.29) is 11.8 Å². The third kappa shape index (κ3) is 2.41. The Bertz CT molecular complexity index is 469. The zero-order chi connectivity index (χ0) is 13.3. The van der Waals surface area contributed by atoms with E-state index in [0.717, 1.165) is 0 Å². The number of carbonyl (C=O) groups is 2. The smallest absolute Gasteiger partial charge is 0.240 e. The lowest BCUT2D eigenvalue weighted by Crippen LogP contribution is -2.45. The molecule has 0 radical (unpaired) electrons. The summed E-state index contributed by atoms with van der Waals surface area (Å²) in [6, 6.07) is 1.67. The van der Waals surface area contributed by atoms with Gasteiger partial charge in [0, 0.05) is 23.8 Å². The monoisotopic (exact) mass is 266 g/mol. The molecule has 0 aliphatic carbocycles. The van der Waals surface area contributed by atoms with Crippen LogP contribution in [0.4, 0.5) is 0 Å². The van der Waals surface area contributed by atoms with Crippen LogP contribution in [-0.4, -0.2) is 29.3 Å². The van der Waals surface area contributed by atoms with Gasteiger partial charge >= 0.3 is 0 Å². The summed E-state index contributed by atoms with van der Waals surface area (Å²) in [6.07, 6.45) is 1.07. The summed E-state index contributed by atoms with van der Waals surface area (Å²) in [5.41, 5.74) is 6.57. The van der Waals surface area contributed by atoms with Crippen LogP contribution in [0.3, 0.4) is 0 Å². The highest BCUT2D eigenvalue weighted by molar-refractivity contribution is 7.10. The summed E-state index contributed by atoms with van der Waals surface area (Å²) in [5.74, 6) is -0.157. The summed E-state index contributed by atoms with van der Waals surface area (Å²) in [6.45, 7) is 4.54. The Morgan fingerprint density at radius 2 is 2.39 bits per heavy atom. The first-order chi connectivity index (χ1) is 8.52. The van der Waals surface area contributed by atoms with Crippen LogP contribution in [0.15, 0.2) is 11.4 Å². The average Bonchev–Trinajstić information content (AvgIpc) is 2.87. The summed E-state index contributed by atoms with van der Waals surface area (Å²) in [5, 5.41) is 2.09. The molecule has 5 heteroatoms. The fourth-order valence-electron chi connectivity index (χ4n) is 2.47. The fraction of sp³-hybridized carbons (Fsp3) is 0.538. The Balaban J connectivity index is 2.13. The lowest BCUT2D eigenvalue weighted by atomic mass is 10.1. The molecule has 1 aromatic heterocycles. The van der Waals surface area contributed by atoms with E-state index in [1.165, 1.54) is 10.4 Å². The van der Waals surface area contributed by atoms with Crippen LogP contribution in [0.25, 0.3) is 0 Å². The van der Waals surface area contributed by atoms with Crippen molar-refractivity contribution in [3.8, 4) is 0 Å². The second-order valence-corrected chi connectivity index (χ2v) is 5.74. The highest BCUT2D eigenvalue weighted by Crippen LogP contribution is 2.33. The lowest BCUT2D eigenvalue weighted by molar-refractivity contribution is -0.136. The SMILES string of the molecule is CCC(C(N)=O)N1CC(c2cc(C)cs2)CC1=O. The van der Waals surface area contributed by atoms with Crippen LogP contribution in [0, 0.1) is 6.92 Å². The molecule has 2 N–H and O–H groups in total. The quantitative estimate of drug-likeness (QED) is 0.900. The Morgan fingerprint density at radius 3 is 2.89 bits per heavy atom. The van der Waals surface area contributed by atoms with E-state index in [1.54, 1.807) is 16.2 Å². The first-order valence-electron chi connectivity index (χ1n) is 6.16. The van der Waals surface area contributed by atoms with Gasteiger partial charge in [0.25, 0.3) is 0 Å². The van der Waals surface area contributed by atoms with Crippen LogP contribution >= 0.6 is 11.3 Å². The van der Waals surface area contributed by atoms with Gasteiger partial charge in [0.2, 0.25) is 11.8 Å². The number of nitrogens with two attached hydrogens (primary N) is 1. The topological polar surface area (TPSA) is 63.4 Å². The number of thiophene rings is 1. The fourth-order valence-corrected chi connectivity index (χ4v) is 3.46. The molecule has 0 saturated carbocycles. The molecule has 4 nitrogen and oxygen atoms in total. The van der Waals surface area contributed by atoms with Crippen LogP contribution in [0.2, 0.25) is 0 Å². The minimum absolute atomic E-state index is 0.0386. The Hall–Kier alpha value is -1.36. The summed E-state index contributed by atoms with van der Waals surface area (Å²) >= 11 is 1.68. The molecule has 2 amide bonds. The van der Waals surface area contributed by atoms with Crippen molar-refractivity contribution in [2.75, 3.05) is 6.54 Å². The molecule has 0 aromatic carbocycles. The van der Waals surface area contributed by atoms with E-state index in [2.05, 4.69) is 11.4 Å². The van der Waals surface area contributed by atoms with Crippen molar-refractivity contribution in [1.82, 2.24) is 4.90 Å². The molecule has 18 heavy (non-hydrogen) atoms. The molecular weight excluding hydrogens is 248 g/mol. The second kappa shape index (κ2) is 5.10. The van der Waals surface area contributed by atoms with Gasteiger partial charge in [0.05, 0.1) is 0 Å². The average molecular weight is 266 g/mol. The van der Waals surface area contributed by atoms with Crippen molar-refractivity contribution >= 4 is 23.2 Å². The molecule has 2 atom stereocenters. The highest BCUT2D eigenvalue weighted by atomic mass is 32.1. The molecule has 1 aliphatic rings. The number of rotatable bonds is 4. The number of carbonyl (C=O) groups excluding carboxylic acids is 2. The maximum atomic E-state index is 12.0. The number of nitrogens with zero attached hydrogens (tertiary/aromatic N) is 1. The van der Waals surface area contributed by atoms with Crippen LogP contribution < -0.4 is 5.73 Å². The summed E-state index contributed by atoms with van der Waals surface area (Å²) in [7, 11) is 0. The van der Waals surface area contributed by atoms with E-state index in [4.69, 9.17) is 5.73 Å². The van der Waals surface area contributed by atoms with Gasteiger partial charge in [0.15, 0.2) is 0 Å². The minimum atomic E-state index is -0.455. The molecule has 2 rings (SSSR count). The van der Waals surface area contributed by atoms with Gasteiger partial charge in [-0.15, -0.1) is 11.3 Å². The van der Waals surface area contributed by atoms with Gasteiger partial charge in [-0.2, -0.15) is 0 Å². The van der Waals surface area contributed by atoms with E-state index >= 15 is 0 Å². The zero-order valence-corrected chi connectivity index (χ0v) is 11.5. The predicted octanol–water partition coefficient (Wildman–Crippen LogP) is 1.64. The minimum Gasteiger partial charge on any atom is -0.368 e. The number of likely N-dealkylation sites (tertiary alicyclic amines) is 1. The number of amides is 2. The highest BCUT2D eigenvalue weighted by Gasteiger charge is 2.36. The van der Waals surface area contributed by atoms with Crippen molar-refractivity contribution in [3.05, 3.63) is 21.9 Å². The van der Waals surface area contributed by atoms with Crippen LogP contribution in [0.1, 0.15) is 36.1 Å². The van der Waals surface area contributed by atoms with Crippen molar-refractivity contribution in [3.63, 3.8) is 0 Å². The number of hydrogen-bond donors (Lipinski definition) is 1. The Labute approximate surface area is 111 Å². The molecule has 1 aliphatic heterocycles. The molecule has 0 spiro atoms. The molecule has 0 bridgehead atoms. The van der Waals surface area contributed by atoms with Gasteiger partial charge in [-0.25, -0.2) is 0 Å². The van der Waals surface area contributed by atoms with E-state index < -0.39 is 11.9 Å². The summed E-state index contributed by atoms with van der Waals surface area (Å²) < 4.78 is 0. The predicted molar refractivity (Wildman–Crippen MR) is 71.4 cm³/mol. The van der Waals surface area contributed by atoms with Gasteiger partial charge in [-0.3, -0.25) is 9.59 Å². The van der Waals surface area contributed by atoms with Crippen LogP contribution in [-0.2, 0) is 9.59 Å². The largest absolute Gasteiger partial charge is 0.368 e. The van der Waals surface area contributed by atoms with Crippen molar-refractivity contribution < 1.29 is 9.59 Å². The molecule has 2 heterocycles. The normalized spacial score (nSPS) is 21.3. The molecule has 2 unspecified atom stereocenters. The van der Waals surface area contributed by atoms with Crippen molar-refractivity contribution in [2.45, 2.75) is 38.6 Å². The second-order valence-electron chi connectivity index (χ2n) is 4.80. The Kier molecular flexibility index (Phi) is 3.71. The van der Waals surface area contributed by atoms with E-state index in [0.29, 0.717) is 19.4 Å². The molecular formula is C13H18N2O2S. The van der Waals surface area contributed by atoms with Gasteiger partial charge in [-0.1, -0.05) is 6.92 Å². The van der Waals surface area contributed by atoms with Gasteiger partial charge in [-0.05, 0) is 30.4 Å². The molecule has 1 fully saturated rings. The number of primary amides is 1. The van der Waals surface area contributed by atoms with E-state index in [9.17, 15) is 9.59 Å². The standard InChI is InChI=1S/C13H18N2O2S/c1-3-10(13(14)17)15-6-9(5-12(15)16)11-4-8(2)7-18-11/h4,7,9-10H,3,5-6H2,1-2H3,(H2,14,17). The molecule has 1 saturated heterocycles. The summed E-state index contributed by atoms with van der Waals surface area (Å²) in [4.78, 5) is 26.2. The van der Waals surface area contributed by atoms with E-state index in [1.807, 2.05) is 13.8 Å². The van der Waals surface area contributed by atoms with Crippen molar-refractivity contribution in [2.24, 2.45) is 5.73 Å². The van der Waals surface area contributed by atoms with Gasteiger partial charge < -0.3 is 10.6 Å². The zero-order valence-electron chi connectivity index (χ0n) is 10.7. The maximum absolute atomic E-state index is 12.0. The number of hydrogen-bond acceptors (Lipinski definition) is 3. The first kappa shape index (κ1) is 13.1. The first-order valence-corrected chi connectivity index (χ1v) is 7.04.